The number of halogens is 2. The standard InChI is InChI=1S/C11H10F2N2/c12-11(13)8-3-4-15-10-2-1-7(6-14)5-9(8)10/h1-2,5,8,11,15H,3-4H2. The van der Waals surface area contributed by atoms with Gasteiger partial charge in [-0.2, -0.15) is 5.26 Å². The summed E-state index contributed by atoms with van der Waals surface area (Å²) in [7, 11) is 0. The number of rotatable bonds is 1. The first-order chi connectivity index (χ1) is 7.22. The van der Waals surface area contributed by atoms with E-state index in [1.807, 2.05) is 6.07 Å². The molecule has 0 bridgehead atoms. The third kappa shape index (κ3) is 1.78. The molecule has 78 valence electrons. The van der Waals surface area contributed by atoms with Crippen molar-refractivity contribution in [2.45, 2.75) is 18.8 Å². The topological polar surface area (TPSA) is 35.8 Å². The lowest BCUT2D eigenvalue weighted by Gasteiger charge is -2.26. The van der Waals surface area contributed by atoms with E-state index in [9.17, 15) is 8.78 Å². The molecule has 2 rings (SSSR count). The molecule has 0 fully saturated rings. The van der Waals surface area contributed by atoms with Gasteiger partial charge in [0.1, 0.15) is 0 Å². The zero-order valence-corrected chi connectivity index (χ0v) is 8.00. The molecule has 0 saturated heterocycles. The molecule has 1 atom stereocenters. The van der Waals surface area contributed by atoms with Crippen LogP contribution in [-0.2, 0) is 0 Å². The molecular formula is C11H10F2N2. The molecule has 0 spiro atoms. The van der Waals surface area contributed by atoms with E-state index in [0.29, 0.717) is 24.1 Å². The van der Waals surface area contributed by atoms with Crippen molar-refractivity contribution in [2.75, 3.05) is 11.9 Å². The van der Waals surface area contributed by atoms with Gasteiger partial charge in [0.15, 0.2) is 0 Å². The first-order valence-electron chi connectivity index (χ1n) is 4.78. The number of nitriles is 1. The number of anilines is 1. The summed E-state index contributed by atoms with van der Waals surface area (Å²) in [6.45, 7) is 0.563. The fourth-order valence-corrected chi connectivity index (χ4v) is 1.88. The molecule has 0 aromatic heterocycles. The number of alkyl halides is 2. The van der Waals surface area contributed by atoms with Gasteiger partial charge in [-0.1, -0.05) is 0 Å². The highest BCUT2D eigenvalue weighted by Crippen LogP contribution is 2.36. The number of nitrogens with zero attached hydrogens (tertiary/aromatic N) is 1. The van der Waals surface area contributed by atoms with E-state index >= 15 is 0 Å². The number of benzene rings is 1. The van der Waals surface area contributed by atoms with E-state index in [2.05, 4.69) is 5.32 Å². The second-order valence-electron chi connectivity index (χ2n) is 3.57. The molecule has 1 aliphatic rings. The number of nitrogens with one attached hydrogen (secondary N) is 1. The quantitative estimate of drug-likeness (QED) is 0.770. The Bertz CT molecular complexity index is 410. The van der Waals surface area contributed by atoms with Crippen LogP contribution in [0, 0.1) is 11.3 Å². The minimum absolute atomic E-state index is 0.416. The lowest BCUT2D eigenvalue weighted by molar-refractivity contribution is 0.110. The maximum absolute atomic E-state index is 12.7. The Morgan fingerprint density at radius 2 is 2.27 bits per heavy atom. The molecule has 1 aromatic rings. The predicted molar refractivity (Wildman–Crippen MR) is 53.0 cm³/mol. The van der Waals surface area contributed by atoms with Crippen molar-refractivity contribution >= 4 is 5.69 Å². The van der Waals surface area contributed by atoms with Gasteiger partial charge in [-0.25, -0.2) is 8.78 Å². The van der Waals surface area contributed by atoms with Crippen molar-refractivity contribution in [1.29, 1.82) is 5.26 Å². The molecule has 1 aliphatic heterocycles. The average molecular weight is 208 g/mol. The molecular weight excluding hydrogens is 198 g/mol. The minimum atomic E-state index is -2.36. The molecule has 0 amide bonds. The van der Waals surface area contributed by atoms with E-state index in [1.165, 1.54) is 0 Å². The van der Waals surface area contributed by atoms with E-state index in [1.54, 1.807) is 18.2 Å². The summed E-state index contributed by atoms with van der Waals surface area (Å²) in [5.41, 5.74) is 1.73. The number of fused-ring (bicyclic) bond motifs is 1. The summed E-state index contributed by atoms with van der Waals surface area (Å²) in [5, 5.41) is 11.8. The van der Waals surface area contributed by atoms with Crippen LogP contribution < -0.4 is 5.32 Å². The van der Waals surface area contributed by atoms with Crippen LogP contribution in [0.3, 0.4) is 0 Å². The molecule has 15 heavy (non-hydrogen) atoms. The third-order valence-electron chi connectivity index (χ3n) is 2.66. The van der Waals surface area contributed by atoms with E-state index in [4.69, 9.17) is 5.26 Å². The summed E-state index contributed by atoms with van der Waals surface area (Å²) in [4.78, 5) is 0. The Hall–Kier alpha value is -1.63. The molecule has 4 heteroatoms. The molecule has 0 radical (unpaired) electrons. The summed E-state index contributed by atoms with van der Waals surface area (Å²) < 4.78 is 25.4. The first-order valence-corrected chi connectivity index (χ1v) is 4.78. The van der Waals surface area contributed by atoms with Crippen molar-refractivity contribution < 1.29 is 8.78 Å². The monoisotopic (exact) mass is 208 g/mol. The van der Waals surface area contributed by atoms with E-state index in [-0.39, 0.29) is 0 Å². The van der Waals surface area contributed by atoms with Crippen LogP contribution in [0.15, 0.2) is 18.2 Å². The second-order valence-corrected chi connectivity index (χ2v) is 3.57. The van der Waals surface area contributed by atoms with Crippen LogP contribution in [0.5, 0.6) is 0 Å². The van der Waals surface area contributed by atoms with Gasteiger partial charge in [0.05, 0.1) is 11.6 Å². The SMILES string of the molecule is N#Cc1ccc2c(c1)C(C(F)F)CCN2. The molecule has 1 aromatic carbocycles. The molecule has 0 aliphatic carbocycles. The summed E-state index contributed by atoms with van der Waals surface area (Å²) >= 11 is 0. The number of hydrogen-bond acceptors (Lipinski definition) is 2. The maximum Gasteiger partial charge on any atom is 0.245 e. The lowest BCUT2D eigenvalue weighted by Crippen LogP contribution is -2.21. The maximum atomic E-state index is 12.7. The Balaban J connectivity index is 2.45. The highest BCUT2D eigenvalue weighted by atomic mass is 19.3. The zero-order chi connectivity index (χ0) is 10.8. The van der Waals surface area contributed by atoms with Gasteiger partial charge >= 0.3 is 0 Å². The van der Waals surface area contributed by atoms with Crippen molar-refractivity contribution in [3.05, 3.63) is 29.3 Å². The Morgan fingerprint density at radius 3 is 2.93 bits per heavy atom. The van der Waals surface area contributed by atoms with Gasteiger partial charge in [-0.05, 0) is 30.2 Å². The normalized spacial score (nSPS) is 19.2. The third-order valence-corrected chi connectivity index (χ3v) is 2.66. The smallest absolute Gasteiger partial charge is 0.245 e. The molecule has 1 N–H and O–H groups in total. The van der Waals surface area contributed by atoms with Crippen LogP contribution in [0.25, 0.3) is 0 Å². The highest BCUT2D eigenvalue weighted by molar-refractivity contribution is 5.58. The predicted octanol–water partition coefficient (Wildman–Crippen LogP) is 2.72. The lowest BCUT2D eigenvalue weighted by atomic mass is 9.90. The van der Waals surface area contributed by atoms with Gasteiger partial charge < -0.3 is 5.32 Å². The fraction of sp³-hybridized carbons (Fsp3) is 0.364. The highest BCUT2D eigenvalue weighted by Gasteiger charge is 2.27. The minimum Gasteiger partial charge on any atom is -0.385 e. The van der Waals surface area contributed by atoms with Crippen LogP contribution in [-0.4, -0.2) is 13.0 Å². The number of hydrogen-bond donors (Lipinski definition) is 1. The van der Waals surface area contributed by atoms with Crippen molar-refractivity contribution in [3.63, 3.8) is 0 Å². The van der Waals surface area contributed by atoms with Crippen molar-refractivity contribution in [3.8, 4) is 6.07 Å². The van der Waals surface area contributed by atoms with Crippen molar-refractivity contribution in [1.82, 2.24) is 0 Å². The van der Waals surface area contributed by atoms with E-state index in [0.717, 1.165) is 5.69 Å². The Labute approximate surface area is 86.5 Å². The Morgan fingerprint density at radius 1 is 1.47 bits per heavy atom. The van der Waals surface area contributed by atoms with Crippen LogP contribution in [0.4, 0.5) is 14.5 Å². The van der Waals surface area contributed by atoms with Gasteiger partial charge in [-0.3, -0.25) is 0 Å². The summed E-state index contributed by atoms with van der Waals surface area (Å²) in [6.07, 6.45) is -1.95. The second kappa shape index (κ2) is 3.85. The van der Waals surface area contributed by atoms with E-state index < -0.39 is 12.3 Å². The largest absolute Gasteiger partial charge is 0.385 e. The molecule has 0 saturated carbocycles. The van der Waals surface area contributed by atoms with Gasteiger partial charge in [0.25, 0.3) is 0 Å². The van der Waals surface area contributed by atoms with Gasteiger partial charge in [-0.15, -0.1) is 0 Å². The average Bonchev–Trinajstić information content (AvgIpc) is 2.27. The summed E-state index contributed by atoms with van der Waals surface area (Å²) in [6, 6.07) is 6.85. The zero-order valence-electron chi connectivity index (χ0n) is 8.00. The molecule has 1 heterocycles. The molecule has 2 nitrogen and oxygen atoms in total. The Kier molecular flexibility index (Phi) is 2.55. The van der Waals surface area contributed by atoms with Gasteiger partial charge in [0, 0.05) is 18.2 Å². The van der Waals surface area contributed by atoms with Gasteiger partial charge in [0.2, 0.25) is 6.43 Å². The van der Waals surface area contributed by atoms with Crippen molar-refractivity contribution in [2.24, 2.45) is 0 Å². The fourth-order valence-electron chi connectivity index (χ4n) is 1.88. The van der Waals surface area contributed by atoms with Crippen LogP contribution >= 0.6 is 0 Å². The van der Waals surface area contributed by atoms with Crippen LogP contribution in [0.1, 0.15) is 23.5 Å². The first kappa shape index (κ1) is 9.91. The van der Waals surface area contributed by atoms with Crippen LogP contribution in [0.2, 0.25) is 0 Å². The summed E-state index contributed by atoms with van der Waals surface area (Å²) in [5.74, 6) is -0.741. The molecule has 1 unspecified atom stereocenters.